The highest BCUT2D eigenvalue weighted by Crippen LogP contribution is 2.26. The van der Waals surface area contributed by atoms with Gasteiger partial charge in [-0.05, 0) is 65.2 Å². The van der Waals surface area contributed by atoms with E-state index in [2.05, 4.69) is 31.2 Å². The zero-order valence-corrected chi connectivity index (χ0v) is 10.1. The summed E-state index contributed by atoms with van der Waals surface area (Å²) in [6, 6.07) is 0.864. The van der Waals surface area contributed by atoms with Gasteiger partial charge in [-0.3, -0.25) is 0 Å². The topological polar surface area (TPSA) is 15.3 Å². The Hall–Kier alpha value is -0.0800. The molecule has 0 aliphatic heterocycles. The van der Waals surface area contributed by atoms with Crippen LogP contribution in [0.2, 0.25) is 0 Å². The molecule has 1 aliphatic rings. The zero-order chi connectivity index (χ0) is 10.4. The maximum absolute atomic E-state index is 3.29. The fraction of sp³-hybridized carbons (Fsp3) is 1.00. The zero-order valence-electron chi connectivity index (χ0n) is 10.1. The normalized spacial score (nSPS) is 28.3. The van der Waals surface area contributed by atoms with E-state index in [4.69, 9.17) is 0 Å². The van der Waals surface area contributed by atoms with Crippen LogP contribution in [0.15, 0.2) is 0 Å². The molecule has 0 radical (unpaired) electrons. The summed E-state index contributed by atoms with van der Waals surface area (Å²) in [7, 11) is 4.35. The molecule has 1 rings (SSSR count). The van der Waals surface area contributed by atoms with Gasteiger partial charge >= 0.3 is 0 Å². The lowest BCUT2D eigenvalue weighted by atomic mass is 9.85. The van der Waals surface area contributed by atoms with Gasteiger partial charge in [-0.15, -0.1) is 0 Å². The van der Waals surface area contributed by atoms with E-state index in [1.807, 2.05) is 0 Å². The molecule has 0 saturated heterocycles. The van der Waals surface area contributed by atoms with Gasteiger partial charge in [-0.1, -0.05) is 6.92 Å². The molecule has 1 aliphatic carbocycles. The molecule has 1 N–H and O–H groups in total. The van der Waals surface area contributed by atoms with Crippen molar-refractivity contribution >= 4 is 0 Å². The highest BCUT2D eigenvalue weighted by atomic mass is 15.1. The van der Waals surface area contributed by atoms with E-state index in [1.54, 1.807) is 0 Å². The lowest BCUT2D eigenvalue weighted by Crippen LogP contribution is -2.37. The Balaban J connectivity index is 2.21. The van der Waals surface area contributed by atoms with Gasteiger partial charge in [0.2, 0.25) is 0 Å². The molecule has 1 fully saturated rings. The molecule has 2 nitrogen and oxygen atoms in total. The molecular weight excluding hydrogens is 172 g/mol. The van der Waals surface area contributed by atoms with E-state index in [-0.39, 0.29) is 0 Å². The van der Waals surface area contributed by atoms with E-state index < -0.39 is 0 Å². The first-order valence-corrected chi connectivity index (χ1v) is 6.12. The second-order valence-electron chi connectivity index (χ2n) is 4.71. The largest absolute Gasteiger partial charge is 0.319 e. The molecule has 84 valence electrons. The van der Waals surface area contributed by atoms with Crippen LogP contribution < -0.4 is 5.32 Å². The summed E-state index contributed by atoms with van der Waals surface area (Å²) < 4.78 is 0. The molecule has 2 heteroatoms. The average Bonchev–Trinajstić information content (AvgIpc) is 2.20. The Kier molecular flexibility index (Phi) is 5.49. The van der Waals surface area contributed by atoms with Gasteiger partial charge in [0.25, 0.3) is 0 Å². The summed E-state index contributed by atoms with van der Waals surface area (Å²) in [5, 5.41) is 3.29. The van der Waals surface area contributed by atoms with Gasteiger partial charge in [0.1, 0.15) is 0 Å². The van der Waals surface area contributed by atoms with Crippen LogP contribution in [0.4, 0.5) is 0 Å². The summed E-state index contributed by atoms with van der Waals surface area (Å²) in [5.74, 6) is 0.936. The Morgan fingerprint density at radius 1 is 1.21 bits per heavy atom. The minimum absolute atomic E-state index is 0.864. The molecular formula is C12H26N2. The molecule has 1 saturated carbocycles. The number of rotatable bonds is 5. The van der Waals surface area contributed by atoms with Gasteiger partial charge < -0.3 is 10.2 Å². The fourth-order valence-electron chi connectivity index (χ4n) is 2.61. The summed E-state index contributed by atoms with van der Waals surface area (Å²) in [6.45, 7) is 4.74. The summed E-state index contributed by atoms with van der Waals surface area (Å²) >= 11 is 0. The van der Waals surface area contributed by atoms with E-state index in [9.17, 15) is 0 Å². The fourth-order valence-corrected chi connectivity index (χ4v) is 2.61. The van der Waals surface area contributed by atoms with Gasteiger partial charge in [0, 0.05) is 6.04 Å². The van der Waals surface area contributed by atoms with Gasteiger partial charge in [0.15, 0.2) is 0 Å². The number of hydrogen-bond donors (Lipinski definition) is 1. The first-order chi connectivity index (χ1) is 6.77. The standard InChI is InChI=1S/C12H26N2/c1-4-9-14(3)12-7-5-11(6-8-12)10-13-2/h11-13H,4-10H2,1-3H3. The predicted molar refractivity (Wildman–Crippen MR) is 62.6 cm³/mol. The van der Waals surface area contributed by atoms with E-state index in [0.717, 1.165) is 12.0 Å². The van der Waals surface area contributed by atoms with Crippen LogP contribution in [0.25, 0.3) is 0 Å². The number of nitrogens with one attached hydrogen (secondary N) is 1. The van der Waals surface area contributed by atoms with Crippen LogP contribution in [0.1, 0.15) is 39.0 Å². The smallest absolute Gasteiger partial charge is 0.00924 e. The minimum Gasteiger partial charge on any atom is -0.319 e. The molecule has 0 unspecified atom stereocenters. The van der Waals surface area contributed by atoms with Crippen LogP contribution in [-0.4, -0.2) is 38.1 Å². The predicted octanol–water partition coefficient (Wildman–Crippen LogP) is 2.11. The van der Waals surface area contributed by atoms with Crippen LogP contribution in [0.5, 0.6) is 0 Å². The van der Waals surface area contributed by atoms with Crippen molar-refractivity contribution in [2.24, 2.45) is 5.92 Å². The van der Waals surface area contributed by atoms with E-state index in [1.165, 1.54) is 45.2 Å². The van der Waals surface area contributed by atoms with Crippen molar-refractivity contribution in [2.45, 2.75) is 45.1 Å². The molecule has 0 spiro atoms. The molecule has 0 bridgehead atoms. The molecule has 0 amide bonds. The van der Waals surface area contributed by atoms with Crippen LogP contribution >= 0.6 is 0 Å². The minimum atomic E-state index is 0.864. The Morgan fingerprint density at radius 3 is 2.36 bits per heavy atom. The maximum atomic E-state index is 3.29. The summed E-state index contributed by atoms with van der Waals surface area (Å²) in [4.78, 5) is 2.55. The van der Waals surface area contributed by atoms with Crippen molar-refractivity contribution < 1.29 is 0 Å². The first kappa shape index (κ1) is 12.0. The summed E-state index contributed by atoms with van der Waals surface area (Å²) in [6.07, 6.45) is 6.93. The van der Waals surface area contributed by atoms with Gasteiger partial charge in [-0.2, -0.15) is 0 Å². The van der Waals surface area contributed by atoms with Crippen molar-refractivity contribution in [3.05, 3.63) is 0 Å². The molecule has 14 heavy (non-hydrogen) atoms. The van der Waals surface area contributed by atoms with Gasteiger partial charge in [-0.25, -0.2) is 0 Å². The number of nitrogens with zero attached hydrogens (tertiary/aromatic N) is 1. The van der Waals surface area contributed by atoms with Crippen LogP contribution in [0, 0.1) is 5.92 Å². The molecule has 0 aromatic heterocycles. The second kappa shape index (κ2) is 6.41. The van der Waals surface area contributed by atoms with Crippen molar-refractivity contribution in [1.29, 1.82) is 0 Å². The summed E-state index contributed by atoms with van der Waals surface area (Å²) in [5.41, 5.74) is 0. The Morgan fingerprint density at radius 2 is 1.86 bits per heavy atom. The van der Waals surface area contributed by atoms with Crippen LogP contribution in [-0.2, 0) is 0 Å². The van der Waals surface area contributed by atoms with Crippen molar-refractivity contribution in [1.82, 2.24) is 10.2 Å². The molecule has 0 atom stereocenters. The van der Waals surface area contributed by atoms with E-state index >= 15 is 0 Å². The van der Waals surface area contributed by atoms with Crippen molar-refractivity contribution in [3.63, 3.8) is 0 Å². The second-order valence-corrected chi connectivity index (χ2v) is 4.71. The quantitative estimate of drug-likeness (QED) is 0.728. The van der Waals surface area contributed by atoms with Gasteiger partial charge in [0.05, 0.1) is 0 Å². The third-order valence-electron chi connectivity index (χ3n) is 3.51. The third kappa shape index (κ3) is 3.58. The highest BCUT2D eigenvalue weighted by molar-refractivity contribution is 4.78. The SMILES string of the molecule is CCCN(C)C1CCC(CNC)CC1. The third-order valence-corrected chi connectivity index (χ3v) is 3.51. The molecule has 0 heterocycles. The van der Waals surface area contributed by atoms with E-state index in [0.29, 0.717) is 0 Å². The monoisotopic (exact) mass is 198 g/mol. The Labute approximate surface area is 89.1 Å². The lowest BCUT2D eigenvalue weighted by molar-refractivity contribution is 0.165. The Bertz CT molecular complexity index is 139. The number of hydrogen-bond acceptors (Lipinski definition) is 2. The molecule has 0 aromatic rings. The highest BCUT2D eigenvalue weighted by Gasteiger charge is 2.22. The van der Waals surface area contributed by atoms with Crippen molar-refractivity contribution in [3.8, 4) is 0 Å². The van der Waals surface area contributed by atoms with Crippen LogP contribution in [0.3, 0.4) is 0 Å². The van der Waals surface area contributed by atoms with Crippen molar-refractivity contribution in [2.75, 3.05) is 27.2 Å². The molecule has 0 aromatic carbocycles. The maximum Gasteiger partial charge on any atom is 0.00924 e. The first-order valence-electron chi connectivity index (χ1n) is 6.12. The average molecular weight is 198 g/mol. The lowest BCUT2D eigenvalue weighted by Gasteiger charge is -2.34.